The Morgan fingerprint density at radius 2 is 1.66 bits per heavy atom. The van der Waals surface area contributed by atoms with Crippen LogP contribution in [0.1, 0.15) is 31.7 Å². The molecular weight excluding hydrogens is 605 g/mol. The number of nitrogens with one attached hydrogen (secondary N) is 1. The fourth-order valence-corrected chi connectivity index (χ4v) is 6.07. The van der Waals surface area contributed by atoms with Gasteiger partial charge in [-0.1, -0.05) is 23.2 Å². The third kappa shape index (κ3) is 9.25. The number of piperidine rings is 1. The van der Waals surface area contributed by atoms with E-state index in [1.54, 1.807) is 19.1 Å². The maximum atomic E-state index is 11.3. The van der Waals surface area contributed by atoms with Gasteiger partial charge in [-0.25, -0.2) is 4.98 Å². The number of aromatic nitrogens is 3. The van der Waals surface area contributed by atoms with E-state index in [2.05, 4.69) is 30.2 Å². The summed E-state index contributed by atoms with van der Waals surface area (Å²) in [7, 11) is 0. The lowest BCUT2D eigenvalue weighted by Gasteiger charge is -2.34. The van der Waals surface area contributed by atoms with Crippen molar-refractivity contribution in [3.63, 3.8) is 0 Å². The standard InChI is InChI=1S/C31H37Cl2N7O4/c1-21(41)34-19-22-4-7-39(8-5-22)20-23-14-27(24-16-25(32)18-26(33)17-24)35-30(15-23)44-29-3-2-28(36-37-29)40-12-10-38(11-13-40)9-6-31(42)43/h2-3,14-18,22H,4-13,19-20H2,1H3,(H,34,41)(H,42,43). The largest absolute Gasteiger partial charge is 0.481 e. The number of nitrogens with zero attached hydrogens (tertiary/aromatic N) is 6. The van der Waals surface area contributed by atoms with Gasteiger partial charge >= 0.3 is 5.97 Å². The molecule has 0 bridgehead atoms. The number of piperazine rings is 1. The maximum absolute atomic E-state index is 11.3. The first-order chi connectivity index (χ1) is 21.2. The molecule has 13 heteroatoms. The summed E-state index contributed by atoms with van der Waals surface area (Å²) in [5.74, 6) is 1.18. The number of likely N-dealkylation sites (tertiary alicyclic amines) is 1. The number of aliphatic carboxylic acids is 1. The number of rotatable bonds is 11. The van der Waals surface area contributed by atoms with Gasteiger partial charge in [0.15, 0.2) is 5.82 Å². The molecule has 5 rings (SSSR count). The summed E-state index contributed by atoms with van der Waals surface area (Å²) in [6, 6.07) is 12.9. The molecule has 4 heterocycles. The van der Waals surface area contributed by atoms with Gasteiger partial charge in [-0.3, -0.25) is 19.4 Å². The maximum Gasteiger partial charge on any atom is 0.304 e. The Kier molecular flexibility index (Phi) is 10.9. The first-order valence-electron chi connectivity index (χ1n) is 14.8. The molecule has 2 fully saturated rings. The van der Waals surface area contributed by atoms with Crippen LogP contribution < -0.4 is 15.0 Å². The topological polar surface area (TPSA) is 124 Å². The van der Waals surface area contributed by atoms with Gasteiger partial charge in [0.2, 0.25) is 17.7 Å². The summed E-state index contributed by atoms with van der Waals surface area (Å²) in [5.41, 5.74) is 2.51. The number of halogens is 2. The number of hydrogen-bond donors (Lipinski definition) is 2. The van der Waals surface area contributed by atoms with Gasteiger partial charge < -0.3 is 20.1 Å². The lowest BCUT2D eigenvalue weighted by Crippen LogP contribution is -2.47. The fourth-order valence-electron chi connectivity index (χ4n) is 5.54. The van der Waals surface area contributed by atoms with E-state index in [1.165, 1.54) is 0 Å². The van der Waals surface area contributed by atoms with E-state index < -0.39 is 5.97 Å². The van der Waals surface area contributed by atoms with E-state index in [1.807, 2.05) is 30.3 Å². The smallest absolute Gasteiger partial charge is 0.304 e. The van der Waals surface area contributed by atoms with E-state index in [9.17, 15) is 9.59 Å². The number of amides is 1. The number of carboxylic acid groups (broad SMARTS) is 1. The quantitative estimate of drug-likeness (QED) is 0.307. The minimum absolute atomic E-state index is 0.0116. The van der Waals surface area contributed by atoms with Crippen LogP contribution in [0.25, 0.3) is 11.3 Å². The molecule has 0 aliphatic carbocycles. The van der Waals surface area contributed by atoms with Crippen LogP contribution in [0.15, 0.2) is 42.5 Å². The van der Waals surface area contributed by atoms with E-state index in [-0.39, 0.29) is 12.3 Å². The van der Waals surface area contributed by atoms with Crippen LogP contribution in [0.4, 0.5) is 5.82 Å². The van der Waals surface area contributed by atoms with Crippen molar-refractivity contribution in [2.75, 3.05) is 57.3 Å². The van der Waals surface area contributed by atoms with E-state index in [0.29, 0.717) is 40.0 Å². The van der Waals surface area contributed by atoms with Crippen molar-refractivity contribution in [1.82, 2.24) is 30.3 Å². The second kappa shape index (κ2) is 15.0. The molecule has 2 aliphatic rings. The molecule has 1 amide bonds. The zero-order valence-electron chi connectivity index (χ0n) is 24.7. The van der Waals surface area contributed by atoms with Gasteiger partial charge in [-0.15, -0.1) is 10.2 Å². The molecule has 2 saturated heterocycles. The third-order valence-corrected chi connectivity index (χ3v) is 8.38. The molecule has 0 saturated carbocycles. The van der Waals surface area contributed by atoms with Gasteiger partial charge in [0.25, 0.3) is 0 Å². The minimum Gasteiger partial charge on any atom is -0.481 e. The number of benzene rings is 1. The SMILES string of the molecule is CC(=O)NCC1CCN(Cc2cc(Oc3ccc(N4CCN(CCC(=O)O)CC4)nn3)nc(-c3cc(Cl)cc(Cl)c3)c2)CC1. The number of carbonyl (C=O) groups is 2. The molecule has 0 radical (unpaired) electrons. The second-order valence-corrected chi connectivity index (χ2v) is 12.2. The van der Waals surface area contributed by atoms with Crippen molar-refractivity contribution in [3.05, 3.63) is 58.1 Å². The van der Waals surface area contributed by atoms with Gasteiger partial charge in [0, 0.05) is 80.5 Å². The zero-order chi connectivity index (χ0) is 31.1. The number of carbonyl (C=O) groups excluding carboxylic acids is 1. The second-order valence-electron chi connectivity index (χ2n) is 11.3. The van der Waals surface area contributed by atoms with Gasteiger partial charge in [-0.2, -0.15) is 0 Å². The summed E-state index contributed by atoms with van der Waals surface area (Å²) in [5, 5.41) is 21.6. The minimum atomic E-state index is -0.780. The monoisotopic (exact) mass is 641 g/mol. The third-order valence-electron chi connectivity index (χ3n) is 7.95. The van der Waals surface area contributed by atoms with Crippen molar-refractivity contribution in [2.45, 2.75) is 32.7 Å². The molecule has 44 heavy (non-hydrogen) atoms. The van der Waals surface area contributed by atoms with Gasteiger partial charge in [-0.05, 0) is 67.7 Å². The fraction of sp³-hybridized carbons (Fsp3) is 0.452. The Morgan fingerprint density at radius 1 is 0.932 bits per heavy atom. The highest BCUT2D eigenvalue weighted by Crippen LogP contribution is 2.30. The number of pyridine rings is 1. The first kappa shape index (κ1) is 31.9. The zero-order valence-corrected chi connectivity index (χ0v) is 26.2. The van der Waals surface area contributed by atoms with Crippen LogP contribution in [0.2, 0.25) is 10.0 Å². The summed E-state index contributed by atoms with van der Waals surface area (Å²) < 4.78 is 6.12. The highest BCUT2D eigenvalue weighted by atomic mass is 35.5. The lowest BCUT2D eigenvalue weighted by molar-refractivity contribution is -0.137. The summed E-state index contributed by atoms with van der Waals surface area (Å²) >= 11 is 12.6. The van der Waals surface area contributed by atoms with Crippen LogP contribution in [0, 0.1) is 5.92 Å². The average Bonchev–Trinajstić information content (AvgIpc) is 3.00. The molecule has 0 unspecified atom stereocenters. The highest BCUT2D eigenvalue weighted by molar-refractivity contribution is 6.35. The van der Waals surface area contributed by atoms with Crippen LogP contribution in [-0.4, -0.2) is 94.3 Å². The lowest BCUT2D eigenvalue weighted by atomic mass is 9.96. The van der Waals surface area contributed by atoms with Crippen molar-refractivity contribution in [3.8, 4) is 23.0 Å². The predicted octanol–water partition coefficient (Wildman–Crippen LogP) is 4.58. The van der Waals surface area contributed by atoms with Crippen LogP contribution in [-0.2, 0) is 16.1 Å². The van der Waals surface area contributed by atoms with Crippen LogP contribution >= 0.6 is 23.2 Å². The first-order valence-corrected chi connectivity index (χ1v) is 15.6. The Labute approximate surface area is 267 Å². The Bertz CT molecular complexity index is 1420. The molecule has 234 valence electrons. The summed E-state index contributed by atoms with van der Waals surface area (Å²) in [6.07, 6.45) is 2.18. The van der Waals surface area contributed by atoms with Gasteiger partial charge in [0.1, 0.15) is 0 Å². The van der Waals surface area contributed by atoms with Crippen molar-refractivity contribution in [2.24, 2.45) is 5.92 Å². The molecular formula is C31H37Cl2N7O4. The molecule has 1 aromatic carbocycles. The molecule has 2 aromatic heterocycles. The molecule has 2 N–H and O–H groups in total. The van der Waals surface area contributed by atoms with E-state index in [0.717, 1.165) is 82.1 Å². The highest BCUT2D eigenvalue weighted by Gasteiger charge is 2.21. The van der Waals surface area contributed by atoms with Crippen molar-refractivity contribution < 1.29 is 19.4 Å². The van der Waals surface area contributed by atoms with Crippen LogP contribution in [0.5, 0.6) is 11.8 Å². The molecule has 3 aromatic rings. The Balaban J connectivity index is 1.27. The Hall–Kier alpha value is -3.51. The molecule has 11 nitrogen and oxygen atoms in total. The Morgan fingerprint density at radius 3 is 2.30 bits per heavy atom. The van der Waals surface area contributed by atoms with Crippen molar-refractivity contribution in [1.29, 1.82) is 0 Å². The molecule has 0 atom stereocenters. The average molecular weight is 643 g/mol. The van der Waals surface area contributed by atoms with Crippen LogP contribution in [0.3, 0.4) is 0 Å². The number of anilines is 1. The summed E-state index contributed by atoms with van der Waals surface area (Å²) in [6.45, 7) is 8.44. The molecule has 2 aliphatic heterocycles. The number of carboxylic acids is 1. The molecule has 0 spiro atoms. The predicted molar refractivity (Wildman–Crippen MR) is 169 cm³/mol. The number of hydrogen-bond acceptors (Lipinski definition) is 9. The van der Waals surface area contributed by atoms with Crippen molar-refractivity contribution >= 4 is 40.9 Å². The number of ether oxygens (including phenoxy) is 1. The normalized spacial score (nSPS) is 16.6. The van der Waals surface area contributed by atoms with E-state index >= 15 is 0 Å². The van der Waals surface area contributed by atoms with E-state index in [4.69, 9.17) is 38.0 Å². The van der Waals surface area contributed by atoms with Gasteiger partial charge in [0.05, 0.1) is 12.1 Å². The summed E-state index contributed by atoms with van der Waals surface area (Å²) in [4.78, 5) is 33.6.